The molecule has 2 aromatic rings. The summed E-state index contributed by atoms with van der Waals surface area (Å²) in [6.45, 7) is 6.52. The maximum atomic E-state index is 11.7. The number of nitrogens with zero attached hydrogens (tertiary/aromatic N) is 4. The highest BCUT2D eigenvalue weighted by molar-refractivity contribution is 7.99. The van der Waals surface area contributed by atoms with Crippen molar-refractivity contribution in [3.05, 3.63) is 6.20 Å². The van der Waals surface area contributed by atoms with E-state index in [4.69, 9.17) is 4.74 Å². The number of carbonyl (C=O) groups excluding carboxylic acids is 1. The summed E-state index contributed by atoms with van der Waals surface area (Å²) in [5.41, 5.74) is 0.777. The Kier molecular flexibility index (Phi) is 8.63. The summed E-state index contributed by atoms with van der Waals surface area (Å²) in [5, 5.41) is 12.2. The van der Waals surface area contributed by atoms with Gasteiger partial charge in [0.1, 0.15) is 5.82 Å². The van der Waals surface area contributed by atoms with Crippen LogP contribution in [-0.4, -0.2) is 58.2 Å². The molecule has 26 heavy (non-hydrogen) atoms. The molecule has 144 valence electrons. The molecule has 0 bridgehead atoms. The van der Waals surface area contributed by atoms with Crippen molar-refractivity contribution < 1.29 is 9.53 Å². The Hall–Kier alpha value is -1.87. The van der Waals surface area contributed by atoms with Crippen molar-refractivity contribution in [3.8, 4) is 0 Å². The van der Waals surface area contributed by atoms with Gasteiger partial charge in [0.05, 0.1) is 24.7 Å². The predicted molar refractivity (Wildman–Crippen MR) is 105 cm³/mol. The number of rotatable bonds is 12. The lowest BCUT2D eigenvalue weighted by Crippen LogP contribution is -2.27. The summed E-state index contributed by atoms with van der Waals surface area (Å²) in [4.78, 5) is 21.0. The number of hydrogen-bond donors (Lipinski definition) is 2. The first kappa shape index (κ1) is 20.4. The maximum Gasteiger partial charge on any atom is 0.220 e. The zero-order chi connectivity index (χ0) is 18.8. The highest BCUT2D eigenvalue weighted by atomic mass is 32.2. The Bertz CT molecular complexity index is 706. The monoisotopic (exact) mass is 380 g/mol. The molecule has 2 aromatic heterocycles. The van der Waals surface area contributed by atoms with Gasteiger partial charge in [0.25, 0.3) is 0 Å². The van der Waals surface area contributed by atoms with E-state index in [1.807, 2.05) is 4.68 Å². The molecular formula is C17H28N6O2S. The van der Waals surface area contributed by atoms with Crippen molar-refractivity contribution in [2.45, 2.75) is 44.8 Å². The minimum absolute atomic E-state index is 0.0853. The van der Waals surface area contributed by atoms with Crippen LogP contribution in [0.3, 0.4) is 0 Å². The van der Waals surface area contributed by atoms with Crippen LogP contribution >= 0.6 is 11.8 Å². The van der Waals surface area contributed by atoms with Crippen molar-refractivity contribution in [1.82, 2.24) is 25.1 Å². The molecular weight excluding hydrogens is 352 g/mol. The second kappa shape index (κ2) is 11.0. The third kappa shape index (κ3) is 5.84. The molecule has 0 saturated carbocycles. The number of thioether (sulfide) groups is 1. The molecule has 0 atom stereocenters. The normalized spacial score (nSPS) is 11.0. The molecule has 0 fully saturated rings. The molecule has 2 heterocycles. The van der Waals surface area contributed by atoms with Crippen LogP contribution in [0.2, 0.25) is 0 Å². The quantitative estimate of drug-likeness (QED) is 0.331. The highest BCUT2D eigenvalue weighted by Crippen LogP contribution is 2.24. The number of anilines is 1. The smallest absolute Gasteiger partial charge is 0.220 e. The number of carbonyl (C=O) groups is 1. The van der Waals surface area contributed by atoms with E-state index in [2.05, 4.69) is 39.5 Å². The third-order valence-corrected chi connectivity index (χ3v) is 4.48. The topological polar surface area (TPSA) is 94.0 Å². The first-order chi connectivity index (χ1) is 12.7. The van der Waals surface area contributed by atoms with E-state index in [1.54, 1.807) is 25.1 Å². The first-order valence-corrected chi connectivity index (χ1v) is 10.0. The molecule has 0 radical (unpaired) electrons. The Labute approximate surface area is 158 Å². The number of unbranched alkanes of at least 4 members (excludes halogenated alkanes) is 1. The van der Waals surface area contributed by atoms with Crippen LogP contribution in [0, 0.1) is 0 Å². The summed E-state index contributed by atoms with van der Waals surface area (Å²) in [7, 11) is 1.67. The van der Waals surface area contributed by atoms with Gasteiger partial charge < -0.3 is 15.4 Å². The minimum Gasteiger partial charge on any atom is -0.383 e. The predicted octanol–water partition coefficient (Wildman–Crippen LogP) is 2.30. The average Bonchev–Trinajstić information content (AvgIpc) is 3.04. The lowest BCUT2D eigenvalue weighted by molar-refractivity contribution is -0.121. The summed E-state index contributed by atoms with van der Waals surface area (Å²) in [6.07, 6.45) is 4.27. The number of amides is 1. The van der Waals surface area contributed by atoms with Crippen LogP contribution in [0.25, 0.3) is 11.0 Å². The van der Waals surface area contributed by atoms with E-state index in [9.17, 15) is 4.79 Å². The molecule has 2 rings (SSSR count). The van der Waals surface area contributed by atoms with Gasteiger partial charge in [-0.3, -0.25) is 4.79 Å². The second-order valence-corrected chi connectivity index (χ2v) is 7.00. The van der Waals surface area contributed by atoms with Crippen molar-refractivity contribution in [2.75, 3.05) is 37.9 Å². The van der Waals surface area contributed by atoms with Crippen molar-refractivity contribution in [2.24, 2.45) is 0 Å². The standard InChI is InChI=1S/C17H28N6O2S/c1-4-6-7-14(24)18-8-10-23-16-13(12-20-23)15(19-9-11-25-3)21-17(22-16)26-5-2/h12H,4-11H2,1-3H3,(H,18,24)(H,19,21,22). The van der Waals surface area contributed by atoms with Crippen LogP contribution in [0.1, 0.15) is 33.1 Å². The van der Waals surface area contributed by atoms with Crippen molar-refractivity contribution in [1.29, 1.82) is 0 Å². The number of ether oxygens (including phenoxy) is 1. The fourth-order valence-electron chi connectivity index (χ4n) is 2.43. The van der Waals surface area contributed by atoms with Crippen LogP contribution < -0.4 is 10.6 Å². The maximum absolute atomic E-state index is 11.7. The second-order valence-electron chi connectivity index (χ2n) is 5.77. The number of hydrogen-bond acceptors (Lipinski definition) is 7. The molecule has 0 aliphatic carbocycles. The fourth-order valence-corrected chi connectivity index (χ4v) is 2.99. The van der Waals surface area contributed by atoms with Gasteiger partial charge >= 0.3 is 0 Å². The van der Waals surface area contributed by atoms with Crippen LogP contribution in [0.5, 0.6) is 0 Å². The molecule has 0 unspecified atom stereocenters. The van der Waals surface area contributed by atoms with E-state index < -0.39 is 0 Å². The van der Waals surface area contributed by atoms with E-state index in [0.717, 1.165) is 35.4 Å². The molecule has 0 spiro atoms. The van der Waals surface area contributed by atoms with E-state index in [1.165, 1.54) is 0 Å². The first-order valence-electron chi connectivity index (χ1n) is 9.05. The van der Waals surface area contributed by atoms with Gasteiger partial charge in [-0.05, 0) is 12.2 Å². The number of methoxy groups -OCH3 is 1. The Morgan fingerprint density at radius 1 is 1.31 bits per heavy atom. The number of nitrogens with one attached hydrogen (secondary N) is 2. The summed E-state index contributed by atoms with van der Waals surface area (Å²) >= 11 is 1.59. The van der Waals surface area contributed by atoms with Crippen molar-refractivity contribution in [3.63, 3.8) is 0 Å². The van der Waals surface area contributed by atoms with E-state index in [0.29, 0.717) is 37.8 Å². The van der Waals surface area contributed by atoms with Gasteiger partial charge in [-0.2, -0.15) is 5.10 Å². The van der Waals surface area contributed by atoms with Gasteiger partial charge in [0.15, 0.2) is 10.8 Å². The molecule has 0 aliphatic heterocycles. The van der Waals surface area contributed by atoms with Crippen molar-refractivity contribution >= 4 is 34.5 Å². The number of aromatic nitrogens is 4. The van der Waals surface area contributed by atoms with Gasteiger partial charge in [-0.1, -0.05) is 32.0 Å². The largest absolute Gasteiger partial charge is 0.383 e. The van der Waals surface area contributed by atoms with Gasteiger partial charge in [0.2, 0.25) is 5.91 Å². The lowest BCUT2D eigenvalue weighted by Gasteiger charge is -2.09. The Morgan fingerprint density at radius 2 is 2.15 bits per heavy atom. The fraction of sp³-hybridized carbons (Fsp3) is 0.647. The third-order valence-electron chi connectivity index (χ3n) is 3.75. The molecule has 0 aliphatic rings. The van der Waals surface area contributed by atoms with Crippen LogP contribution in [-0.2, 0) is 16.1 Å². The van der Waals surface area contributed by atoms with Gasteiger partial charge in [-0.25, -0.2) is 14.6 Å². The lowest BCUT2D eigenvalue weighted by atomic mass is 10.2. The zero-order valence-corrected chi connectivity index (χ0v) is 16.6. The molecule has 9 heteroatoms. The summed E-state index contributed by atoms with van der Waals surface area (Å²) < 4.78 is 6.91. The summed E-state index contributed by atoms with van der Waals surface area (Å²) in [5.74, 6) is 1.74. The Morgan fingerprint density at radius 3 is 2.88 bits per heavy atom. The molecule has 1 amide bonds. The van der Waals surface area contributed by atoms with E-state index in [-0.39, 0.29) is 5.91 Å². The molecule has 2 N–H and O–H groups in total. The highest BCUT2D eigenvalue weighted by Gasteiger charge is 2.13. The summed E-state index contributed by atoms with van der Waals surface area (Å²) in [6, 6.07) is 0. The Balaban J connectivity index is 2.10. The minimum atomic E-state index is 0.0853. The van der Waals surface area contributed by atoms with Gasteiger partial charge in [-0.15, -0.1) is 0 Å². The van der Waals surface area contributed by atoms with Gasteiger partial charge in [0, 0.05) is 26.6 Å². The zero-order valence-electron chi connectivity index (χ0n) is 15.7. The van der Waals surface area contributed by atoms with Crippen LogP contribution in [0.4, 0.5) is 5.82 Å². The van der Waals surface area contributed by atoms with E-state index >= 15 is 0 Å². The molecule has 0 saturated heterocycles. The number of fused-ring (bicyclic) bond motifs is 1. The average molecular weight is 381 g/mol. The van der Waals surface area contributed by atoms with Crippen LogP contribution in [0.15, 0.2) is 11.4 Å². The SMILES string of the molecule is CCCCC(=O)NCCn1ncc2c(NCCOC)nc(SCC)nc21. The molecule has 0 aromatic carbocycles. The molecule has 8 nitrogen and oxygen atoms in total.